The number of nitrogens with two attached hydrogens (primary N) is 1. The van der Waals surface area contributed by atoms with Crippen LogP contribution < -0.4 is 5.73 Å². The number of nitrogens with zero attached hydrogens (tertiary/aromatic N) is 2. The quantitative estimate of drug-likeness (QED) is 0.742. The lowest BCUT2D eigenvalue weighted by Gasteiger charge is -2.16. The predicted molar refractivity (Wildman–Crippen MR) is 120 cm³/mol. The SMILES string of the molecule is Cc1nc(C2CCCC2)sc1C(=O)N1C[C@@H](CN)[C@H](c2ccccc2)C1.Cl.Cl. The molecule has 0 radical (unpaired) electrons. The van der Waals surface area contributed by atoms with Crippen molar-refractivity contribution in [3.05, 3.63) is 51.5 Å². The number of carbonyl (C=O) groups excluding carboxylic acids is 1. The maximum absolute atomic E-state index is 13.2. The van der Waals surface area contributed by atoms with Gasteiger partial charge in [-0.1, -0.05) is 43.2 Å². The number of hydrogen-bond donors (Lipinski definition) is 1. The van der Waals surface area contributed by atoms with Crippen LogP contribution in [0.25, 0.3) is 0 Å². The number of aromatic nitrogens is 1. The monoisotopic (exact) mass is 441 g/mol. The number of benzene rings is 1. The molecule has 4 rings (SSSR count). The molecule has 0 bridgehead atoms. The first-order chi connectivity index (χ1) is 12.7. The van der Waals surface area contributed by atoms with Gasteiger partial charge in [0, 0.05) is 24.9 Å². The van der Waals surface area contributed by atoms with Gasteiger partial charge in [0.05, 0.1) is 10.7 Å². The molecule has 4 nitrogen and oxygen atoms in total. The van der Waals surface area contributed by atoms with E-state index in [1.54, 1.807) is 11.3 Å². The summed E-state index contributed by atoms with van der Waals surface area (Å²) in [6, 6.07) is 10.5. The number of rotatable bonds is 4. The van der Waals surface area contributed by atoms with Crippen LogP contribution in [0.3, 0.4) is 0 Å². The van der Waals surface area contributed by atoms with Crippen molar-refractivity contribution in [1.82, 2.24) is 9.88 Å². The maximum atomic E-state index is 13.2. The van der Waals surface area contributed by atoms with Gasteiger partial charge in [0.15, 0.2) is 0 Å². The number of amides is 1. The van der Waals surface area contributed by atoms with E-state index in [9.17, 15) is 4.79 Å². The lowest BCUT2D eigenvalue weighted by Crippen LogP contribution is -2.29. The first-order valence-corrected chi connectivity index (χ1v) is 10.5. The highest BCUT2D eigenvalue weighted by Crippen LogP contribution is 2.38. The van der Waals surface area contributed by atoms with Crippen molar-refractivity contribution >= 4 is 42.1 Å². The Hall–Kier alpha value is -1.14. The van der Waals surface area contributed by atoms with E-state index in [0.717, 1.165) is 28.7 Å². The molecule has 154 valence electrons. The second-order valence-corrected chi connectivity index (χ2v) is 8.70. The molecule has 0 unspecified atom stereocenters. The van der Waals surface area contributed by atoms with Gasteiger partial charge >= 0.3 is 0 Å². The predicted octanol–water partition coefficient (Wildman–Crippen LogP) is 4.77. The summed E-state index contributed by atoms with van der Waals surface area (Å²) in [5.74, 6) is 1.35. The van der Waals surface area contributed by atoms with Crippen LogP contribution in [0.1, 0.15) is 63.5 Å². The molecule has 1 aromatic carbocycles. The van der Waals surface area contributed by atoms with E-state index in [1.807, 2.05) is 17.9 Å². The van der Waals surface area contributed by atoms with Crippen molar-refractivity contribution < 1.29 is 4.79 Å². The number of aryl methyl sites for hydroxylation is 1. The van der Waals surface area contributed by atoms with E-state index in [4.69, 9.17) is 10.7 Å². The lowest BCUT2D eigenvalue weighted by molar-refractivity contribution is 0.0790. The Morgan fingerprint density at radius 1 is 1.18 bits per heavy atom. The lowest BCUT2D eigenvalue weighted by atomic mass is 9.89. The molecule has 2 fully saturated rings. The van der Waals surface area contributed by atoms with Gasteiger partial charge < -0.3 is 10.6 Å². The van der Waals surface area contributed by atoms with Crippen molar-refractivity contribution in [3.63, 3.8) is 0 Å². The van der Waals surface area contributed by atoms with E-state index >= 15 is 0 Å². The van der Waals surface area contributed by atoms with Gasteiger partial charge in [-0.25, -0.2) is 4.98 Å². The van der Waals surface area contributed by atoms with Gasteiger partial charge in [-0.15, -0.1) is 36.2 Å². The van der Waals surface area contributed by atoms with Gasteiger partial charge in [-0.2, -0.15) is 0 Å². The van der Waals surface area contributed by atoms with E-state index in [1.165, 1.54) is 31.2 Å². The zero-order chi connectivity index (χ0) is 18.1. The highest BCUT2D eigenvalue weighted by atomic mass is 35.5. The molecule has 1 aliphatic carbocycles. The molecule has 2 N–H and O–H groups in total. The van der Waals surface area contributed by atoms with Gasteiger partial charge in [-0.3, -0.25) is 4.79 Å². The highest BCUT2D eigenvalue weighted by Gasteiger charge is 2.37. The van der Waals surface area contributed by atoms with Crippen LogP contribution in [0.15, 0.2) is 30.3 Å². The summed E-state index contributed by atoms with van der Waals surface area (Å²) >= 11 is 1.62. The minimum atomic E-state index is 0. The third-order valence-corrected chi connectivity index (χ3v) is 7.28. The van der Waals surface area contributed by atoms with E-state index < -0.39 is 0 Å². The van der Waals surface area contributed by atoms with Gasteiger partial charge in [0.25, 0.3) is 5.91 Å². The first-order valence-electron chi connectivity index (χ1n) is 9.69. The van der Waals surface area contributed by atoms with Crippen LogP contribution in [0.2, 0.25) is 0 Å². The van der Waals surface area contributed by atoms with Crippen molar-refractivity contribution in [1.29, 1.82) is 0 Å². The van der Waals surface area contributed by atoms with Crippen molar-refractivity contribution in [3.8, 4) is 0 Å². The maximum Gasteiger partial charge on any atom is 0.265 e. The molecule has 7 heteroatoms. The van der Waals surface area contributed by atoms with Gasteiger partial charge in [-0.05, 0) is 37.8 Å². The fourth-order valence-electron chi connectivity index (χ4n) is 4.46. The molecular formula is C21H29Cl2N3OS. The Balaban J connectivity index is 0.00000140. The molecule has 1 saturated heterocycles. The summed E-state index contributed by atoms with van der Waals surface area (Å²) in [6.45, 7) is 4.08. The standard InChI is InChI=1S/C21H27N3OS.2ClH/c1-14-19(26-20(23-14)16-9-5-6-10-16)21(25)24-12-17(11-22)18(13-24)15-7-3-2-4-8-15;;/h2-4,7-8,16-18H,5-6,9-13,22H2,1H3;2*1H/t17-,18+;;/m1../s1. The van der Waals surface area contributed by atoms with E-state index in [0.29, 0.717) is 24.3 Å². The Kier molecular flexibility index (Phi) is 8.31. The zero-order valence-electron chi connectivity index (χ0n) is 16.2. The number of halogens is 2. The van der Waals surface area contributed by atoms with Crippen LogP contribution >= 0.6 is 36.2 Å². The number of thiazole rings is 1. The van der Waals surface area contributed by atoms with Crippen molar-refractivity contribution in [2.24, 2.45) is 11.7 Å². The number of carbonyl (C=O) groups is 1. The zero-order valence-corrected chi connectivity index (χ0v) is 18.6. The van der Waals surface area contributed by atoms with Crippen molar-refractivity contribution in [2.45, 2.75) is 44.4 Å². The summed E-state index contributed by atoms with van der Waals surface area (Å²) < 4.78 is 0. The van der Waals surface area contributed by atoms with Gasteiger partial charge in [0.1, 0.15) is 4.88 Å². The van der Waals surface area contributed by atoms with E-state index in [-0.39, 0.29) is 30.7 Å². The second-order valence-electron chi connectivity index (χ2n) is 7.67. The average molecular weight is 442 g/mol. The molecular weight excluding hydrogens is 413 g/mol. The highest BCUT2D eigenvalue weighted by molar-refractivity contribution is 7.13. The molecule has 1 saturated carbocycles. The summed E-state index contributed by atoms with van der Waals surface area (Å²) in [5.41, 5.74) is 8.21. The van der Waals surface area contributed by atoms with Crippen molar-refractivity contribution in [2.75, 3.05) is 19.6 Å². The van der Waals surface area contributed by atoms with Crippen LogP contribution in [-0.2, 0) is 0 Å². The molecule has 2 aliphatic rings. The largest absolute Gasteiger partial charge is 0.337 e. The Morgan fingerprint density at radius 2 is 1.86 bits per heavy atom. The molecule has 1 aliphatic heterocycles. The summed E-state index contributed by atoms with van der Waals surface area (Å²) in [5, 5.41) is 1.16. The molecule has 1 aromatic heterocycles. The second kappa shape index (κ2) is 10.1. The molecule has 1 amide bonds. The normalized spacial score (nSPS) is 22.0. The van der Waals surface area contributed by atoms with Crippen LogP contribution in [0, 0.1) is 12.8 Å². The third-order valence-electron chi connectivity index (χ3n) is 5.97. The fourth-order valence-corrected chi connectivity index (χ4v) is 5.66. The van der Waals surface area contributed by atoms with E-state index in [2.05, 4.69) is 24.3 Å². The Morgan fingerprint density at radius 3 is 2.50 bits per heavy atom. The topological polar surface area (TPSA) is 59.2 Å². The Bertz CT molecular complexity index is 777. The third kappa shape index (κ3) is 4.54. The summed E-state index contributed by atoms with van der Waals surface area (Å²) in [6.07, 6.45) is 5.01. The fraction of sp³-hybridized carbons (Fsp3) is 0.524. The minimum absolute atomic E-state index is 0. The minimum Gasteiger partial charge on any atom is -0.337 e. The summed E-state index contributed by atoms with van der Waals surface area (Å²) in [7, 11) is 0. The smallest absolute Gasteiger partial charge is 0.265 e. The van der Waals surface area contributed by atoms with Gasteiger partial charge in [0.2, 0.25) is 0 Å². The first kappa shape index (κ1) is 23.1. The number of hydrogen-bond acceptors (Lipinski definition) is 4. The molecule has 28 heavy (non-hydrogen) atoms. The molecule has 0 spiro atoms. The Labute approximate surface area is 183 Å². The van der Waals surface area contributed by atoms with Crippen LogP contribution in [0.4, 0.5) is 0 Å². The van der Waals surface area contributed by atoms with Crippen LogP contribution in [0.5, 0.6) is 0 Å². The summed E-state index contributed by atoms with van der Waals surface area (Å²) in [4.78, 5) is 20.8. The number of likely N-dealkylation sites (tertiary alicyclic amines) is 1. The van der Waals surface area contributed by atoms with Crippen LogP contribution in [-0.4, -0.2) is 35.4 Å². The molecule has 2 heterocycles. The molecule has 2 atom stereocenters. The average Bonchev–Trinajstić information content (AvgIpc) is 3.40. The molecule has 2 aromatic rings.